The highest BCUT2D eigenvalue weighted by Crippen LogP contribution is 2.36. The molecule has 1 aliphatic carbocycles. The number of nitrogens with two attached hydrogens (primary N) is 1. The van der Waals surface area contributed by atoms with E-state index < -0.39 is 0 Å². The van der Waals surface area contributed by atoms with Crippen molar-refractivity contribution in [1.29, 1.82) is 0 Å². The molecule has 2 heterocycles. The van der Waals surface area contributed by atoms with Crippen molar-refractivity contribution in [2.75, 3.05) is 4.90 Å². The molecule has 1 saturated carbocycles. The number of rotatable bonds is 5. The quantitative estimate of drug-likeness (QED) is 0.860. The van der Waals surface area contributed by atoms with E-state index in [1.165, 1.54) is 12.8 Å². The van der Waals surface area contributed by atoms with Crippen LogP contribution in [0, 0.1) is 13.8 Å². The summed E-state index contributed by atoms with van der Waals surface area (Å²) in [5.74, 6) is 0.947. The predicted molar refractivity (Wildman–Crippen MR) is 87.5 cm³/mol. The summed E-state index contributed by atoms with van der Waals surface area (Å²) >= 11 is 5.24. The average molecular weight is 301 g/mol. The zero-order valence-corrected chi connectivity index (χ0v) is 13.1. The first-order valence-corrected chi connectivity index (χ1v) is 7.54. The van der Waals surface area contributed by atoms with Crippen LogP contribution in [0.4, 0.5) is 5.69 Å². The lowest BCUT2D eigenvalue weighted by molar-refractivity contribution is 0.501. The van der Waals surface area contributed by atoms with Gasteiger partial charge in [0.05, 0.1) is 24.1 Å². The van der Waals surface area contributed by atoms with E-state index in [-0.39, 0.29) is 0 Å². The molecule has 0 saturated heterocycles. The minimum Gasteiger partial charge on any atom is -0.467 e. The van der Waals surface area contributed by atoms with E-state index in [1.54, 1.807) is 6.26 Å². The molecule has 2 N–H and O–H groups in total. The molecule has 0 radical (unpaired) electrons. The fourth-order valence-corrected chi connectivity index (χ4v) is 2.96. The van der Waals surface area contributed by atoms with Gasteiger partial charge in [0.1, 0.15) is 10.7 Å². The number of anilines is 1. The lowest BCUT2D eigenvalue weighted by atomic mass is 10.1. The maximum absolute atomic E-state index is 5.94. The van der Waals surface area contributed by atoms with Gasteiger partial charge in [0.15, 0.2) is 0 Å². The zero-order valence-electron chi connectivity index (χ0n) is 12.3. The number of aromatic nitrogens is 1. The van der Waals surface area contributed by atoms with Crippen molar-refractivity contribution < 1.29 is 4.42 Å². The average Bonchev–Trinajstić information content (AvgIpc) is 3.11. The van der Waals surface area contributed by atoms with Gasteiger partial charge in [0.25, 0.3) is 0 Å². The van der Waals surface area contributed by atoms with Crippen LogP contribution in [-0.2, 0) is 6.54 Å². The normalized spacial score (nSPS) is 14.2. The molecule has 0 aliphatic heterocycles. The van der Waals surface area contributed by atoms with Crippen LogP contribution in [0.3, 0.4) is 0 Å². The Morgan fingerprint density at radius 1 is 1.48 bits per heavy atom. The molecule has 3 rings (SSSR count). The zero-order chi connectivity index (χ0) is 15.0. The molecule has 0 bridgehead atoms. The molecule has 0 atom stereocenters. The molecule has 2 aromatic rings. The van der Waals surface area contributed by atoms with Gasteiger partial charge < -0.3 is 15.1 Å². The van der Waals surface area contributed by atoms with Crippen LogP contribution >= 0.6 is 12.2 Å². The number of furan rings is 1. The predicted octanol–water partition coefficient (Wildman–Crippen LogP) is 3.09. The van der Waals surface area contributed by atoms with E-state index in [0.29, 0.717) is 11.0 Å². The second kappa shape index (κ2) is 5.48. The Balaban J connectivity index is 2.04. The first-order chi connectivity index (χ1) is 10.1. The maximum atomic E-state index is 5.94. The summed E-state index contributed by atoms with van der Waals surface area (Å²) in [7, 11) is 0. The van der Waals surface area contributed by atoms with E-state index in [1.807, 2.05) is 26.0 Å². The monoisotopic (exact) mass is 301 g/mol. The van der Waals surface area contributed by atoms with E-state index in [4.69, 9.17) is 22.4 Å². The third kappa shape index (κ3) is 2.93. The number of thiocarbonyl (C=S) groups is 1. The van der Waals surface area contributed by atoms with Crippen molar-refractivity contribution in [3.8, 4) is 0 Å². The van der Waals surface area contributed by atoms with Crippen molar-refractivity contribution in [1.82, 2.24) is 4.98 Å². The molecular weight excluding hydrogens is 282 g/mol. The fraction of sp³-hybridized carbons (Fsp3) is 0.375. The highest BCUT2D eigenvalue weighted by atomic mass is 32.1. The van der Waals surface area contributed by atoms with Gasteiger partial charge in [0, 0.05) is 17.4 Å². The van der Waals surface area contributed by atoms with Crippen molar-refractivity contribution in [3.63, 3.8) is 0 Å². The Bertz CT molecular complexity index is 662. The summed E-state index contributed by atoms with van der Waals surface area (Å²) in [4.78, 5) is 7.24. The Morgan fingerprint density at radius 3 is 2.81 bits per heavy atom. The summed E-state index contributed by atoms with van der Waals surface area (Å²) in [6.45, 7) is 4.69. The molecule has 110 valence electrons. The first-order valence-electron chi connectivity index (χ1n) is 7.13. The highest BCUT2D eigenvalue weighted by molar-refractivity contribution is 7.80. The molecular formula is C16H19N3OS. The van der Waals surface area contributed by atoms with E-state index in [0.717, 1.165) is 34.9 Å². The Labute approximate surface area is 130 Å². The van der Waals surface area contributed by atoms with Gasteiger partial charge in [-0.15, -0.1) is 0 Å². The van der Waals surface area contributed by atoms with Crippen molar-refractivity contribution >= 4 is 22.9 Å². The summed E-state index contributed by atoms with van der Waals surface area (Å²) in [5, 5.41) is 0. The van der Waals surface area contributed by atoms with Gasteiger partial charge in [-0.25, -0.2) is 0 Å². The molecule has 2 aromatic heterocycles. The lowest BCUT2D eigenvalue weighted by Gasteiger charge is -2.27. The third-order valence-corrected chi connectivity index (χ3v) is 3.96. The molecule has 1 aliphatic rings. The minimum absolute atomic E-state index is 0.403. The van der Waals surface area contributed by atoms with Gasteiger partial charge in [-0.3, -0.25) is 4.98 Å². The molecule has 0 amide bonds. The van der Waals surface area contributed by atoms with Gasteiger partial charge in [-0.1, -0.05) is 12.2 Å². The van der Waals surface area contributed by atoms with Crippen LogP contribution in [-0.4, -0.2) is 16.0 Å². The van der Waals surface area contributed by atoms with E-state index in [9.17, 15) is 0 Å². The SMILES string of the molecule is Cc1cc(N(Cc2ccco2)C2CC2)c(C(N)=S)c(C)n1. The lowest BCUT2D eigenvalue weighted by Crippen LogP contribution is -2.28. The number of aryl methyl sites for hydroxylation is 2. The van der Waals surface area contributed by atoms with Crippen LogP contribution in [0.15, 0.2) is 28.9 Å². The first kappa shape index (κ1) is 14.1. The number of nitrogens with zero attached hydrogens (tertiary/aromatic N) is 2. The van der Waals surface area contributed by atoms with Crippen LogP contribution in [0.1, 0.15) is 35.6 Å². The Hall–Kier alpha value is -1.88. The Morgan fingerprint density at radius 2 is 2.24 bits per heavy atom. The molecule has 0 aromatic carbocycles. The van der Waals surface area contributed by atoms with Gasteiger partial charge in [-0.2, -0.15) is 0 Å². The van der Waals surface area contributed by atoms with Gasteiger partial charge >= 0.3 is 0 Å². The highest BCUT2D eigenvalue weighted by Gasteiger charge is 2.32. The molecule has 21 heavy (non-hydrogen) atoms. The molecule has 0 spiro atoms. The van der Waals surface area contributed by atoms with E-state index >= 15 is 0 Å². The maximum Gasteiger partial charge on any atom is 0.123 e. The molecule has 1 fully saturated rings. The van der Waals surface area contributed by atoms with Crippen molar-refractivity contribution in [3.05, 3.63) is 47.2 Å². The van der Waals surface area contributed by atoms with Crippen molar-refractivity contribution in [2.45, 2.75) is 39.3 Å². The largest absolute Gasteiger partial charge is 0.467 e. The Kier molecular flexibility index (Phi) is 3.68. The van der Waals surface area contributed by atoms with Crippen LogP contribution < -0.4 is 10.6 Å². The molecule has 4 nitrogen and oxygen atoms in total. The minimum atomic E-state index is 0.403. The summed E-state index contributed by atoms with van der Waals surface area (Å²) in [6, 6.07) is 6.52. The number of hydrogen-bond donors (Lipinski definition) is 1. The number of pyridine rings is 1. The molecule has 0 unspecified atom stereocenters. The second-order valence-electron chi connectivity index (χ2n) is 5.55. The van der Waals surface area contributed by atoms with Crippen LogP contribution in [0.25, 0.3) is 0 Å². The van der Waals surface area contributed by atoms with Crippen molar-refractivity contribution in [2.24, 2.45) is 5.73 Å². The smallest absolute Gasteiger partial charge is 0.123 e. The third-order valence-electron chi connectivity index (χ3n) is 3.76. The number of hydrogen-bond acceptors (Lipinski definition) is 4. The summed E-state index contributed by atoms with van der Waals surface area (Å²) < 4.78 is 5.50. The fourth-order valence-electron chi connectivity index (χ4n) is 2.71. The van der Waals surface area contributed by atoms with Crippen LogP contribution in [0.5, 0.6) is 0 Å². The van der Waals surface area contributed by atoms with Gasteiger partial charge in [0.2, 0.25) is 0 Å². The summed E-state index contributed by atoms with van der Waals surface area (Å²) in [6.07, 6.45) is 4.09. The second-order valence-corrected chi connectivity index (χ2v) is 5.99. The van der Waals surface area contributed by atoms with Gasteiger partial charge in [-0.05, 0) is 44.9 Å². The van der Waals surface area contributed by atoms with E-state index in [2.05, 4.69) is 16.0 Å². The topological polar surface area (TPSA) is 55.3 Å². The summed E-state index contributed by atoms with van der Waals surface area (Å²) in [5.41, 5.74) is 9.77. The molecule has 5 heteroatoms. The van der Waals surface area contributed by atoms with Crippen LogP contribution in [0.2, 0.25) is 0 Å². The standard InChI is InChI=1S/C16H19N3OS/c1-10-8-14(15(16(17)21)11(2)18-10)19(12-5-6-12)9-13-4-3-7-20-13/h3-4,7-8,12H,5-6,9H2,1-2H3,(H2,17,21).